The average molecular weight is 313 g/mol. The van der Waals surface area contributed by atoms with E-state index in [4.69, 9.17) is 4.74 Å². The molecule has 1 amide bonds. The molecule has 0 bridgehead atoms. The van der Waals surface area contributed by atoms with Crippen LogP contribution >= 0.6 is 11.3 Å². The molecule has 2 N–H and O–H groups in total. The van der Waals surface area contributed by atoms with Crippen LogP contribution in [0.1, 0.15) is 55.6 Å². The van der Waals surface area contributed by atoms with E-state index in [2.05, 4.69) is 5.32 Å². The van der Waals surface area contributed by atoms with Crippen molar-refractivity contribution in [2.75, 3.05) is 6.61 Å². The van der Waals surface area contributed by atoms with Gasteiger partial charge in [0.15, 0.2) is 11.5 Å². The lowest BCUT2D eigenvalue weighted by Gasteiger charge is -2.15. The highest BCUT2D eigenvalue weighted by Crippen LogP contribution is 2.36. The molecule has 1 atom stereocenters. The molecule has 6 heteroatoms. The highest BCUT2D eigenvalue weighted by atomic mass is 32.1. The van der Waals surface area contributed by atoms with Crippen LogP contribution in [0, 0.1) is 0 Å². The number of carbonyl (C=O) groups excluding carboxylic acids is 1. The van der Waals surface area contributed by atoms with Gasteiger partial charge in [-0.15, -0.1) is 11.3 Å². The number of thiophene rings is 1. The van der Waals surface area contributed by atoms with Crippen LogP contribution in [0.4, 0.5) is 0 Å². The summed E-state index contributed by atoms with van der Waals surface area (Å²) < 4.78 is 5.40. The standard InChI is InChI=1S/C15H23NO4S/c1-6-9(2)16-12(17)8-20-10-7-11(15(3,4)5)21-13(10)14(18)19/h7,9H,6,8H2,1-5H3,(H,16,17)(H,18,19). The van der Waals surface area contributed by atoms with Gasteiger partial charge in [0.1, 0.15) is 5.75 Å². The summed E-state index contributed by atoms with van der Waals surface area (Å²) in [6.07, 6.45) is 0.832. The van der Waals surface area contributed by atoms with Crippen molar-refractivity contribution >= 4 is 23.2 Å². The minimum Gasteiger partial charge on any atom is -0.482 e. The van der Waals surface area contributed by atoms with E-state index >= 15 is 0 Å². The number of ether oxygens (including phenoxy) is 1. The zero-order valence-electron chi connectivity index (χ0n) is 13.1. The van der Waals surface area contributed by atoms with Crippen molar-refractivity contribution in [1.29, 1.82) is 0 Å². The van der Waals surface area contributed by atoms with Gasteiger partial charge in [-0.05, 0) is 24.8 Å². The van der Waals surface area contributed by atoms with Crippen LogP contribution < -0.4 is 10.1 Å². The van der Waals surface area contributed by atoms with Crippen LogP contribution in [-0.2, 0) is 10.2 Å². The summed E-state index contributed by atoms with van der Waals surface area (Å²) in [5.41, 5.74) is -0.157. The summed E-state index contributed by atoms with van der Waals surface area (Å²) in [4.78, 5) is 24.0. The number of hydrogen-bond donors (Lipinski definition) is 2. The third-order valence-electron chi connectivity index (χ3n) is 3.01. The number of hydrogen-bond acceptors (Lipinski definition) is 4. The molecule has 0 spiro atoms. The summed E-state index contributed by atoms with van der Waals surface area (Å²) in [5.74, 6) is -1.02. The highest BCUT2D eigenvalue weighted by Gasteiger charge is 2.24. The minimum absolute atomic E-state index is 0.0765. The van der Waals surface area contributed by atoms with Gasteiger partial charge in [-0.25, -0.2) is 4.79 Å². The average Bonchev–Trinajstić information content (AvgIpc) is 2.80. The van der Waals surface area contributed by atoms with E-state index < -0.39 is 5.97 Å². The Labute approximate surface area is 129 Å². The molecule has 0 aliphatic heterocycles. The molecule has 0 radical (unpaired) electrons. The largest absolute Gasteiger partial charge is 0.482 e. The molecule has 0 saturated heterocycles. The van der Waals surface area contributed by atoms with Crippen molar-refractivity contribution < 1.29 is 19.4 Å². The molecule has 1 unspecified atom stereocenters. The van der Waals surface area contributed by atoms with Gasteiger partial charge in [0.25, 0.3) is 5.91 Å². The molecule has 0 aromatic carbocycles. The van der Waals surface area contributed by atoms with Gasteiger partial charge in [0.2, 0.25) is 0 Å². The van der Waals surface area contributed by atoms with Gasteiger partial charge >= 0.3 is 5.97 Å². The van der Waals surface area contributed by atoms with Crippen molar-refractivity contribution in [3.05, 3.63) is 15.8 Å². The fourth-order valence-corrected chi connectivity index (χ4v) is 2.56. The number of rotatable bonds is 6. The summed E-state index contributed by atoms with van der Waals surface area (Å²) in [6, 6.07) is 1.79. The molecule has 21 heavy (non-hydrogen) atoms. The Morgan fingerprint density at radius 3 is 2.52 bits per heavy atom. The second kappa shape index (κ2) is 6.93. The van der Waals surface area contributed by atoms with Crippen LogP contribution in [0.15, 0.2) is 6.07 Å². The number of amides is 1. The van der Waals surface area contributed by atoms with E-state index in [1.165, 1.54) is 11.3 Å². The van der Waals surface area contributed by atoms with Crippen LogP contribution in [0.2, 0.25) is 0 Å². The second-order valence-electron chi connectivity index (χ2n) is 6.02. The van der Waals surface area contributed by atoms with Crippen molar-refractivity contribution in [2.24, 2.45) is 0 Å². The van der Waals surface area contributed by atoms with Gasteiger partial charge in [-0.1, -0.05) is 27.7 Å². The van der Waals surface area contributed by atoms with Crippen LogP contribution in [0.5, 0.6) is 5.75 Å². The number of carboxylic acids is 1. The fraction of sp³-hybridized carbons (Fsp3) is 0.600. The van der Waals surface area contributed by atoms with Crippen LogP contribution in [0.25, 0.3) is 0 Å². The first-order valence-corrected chi connectivity index (χ1v) is 7.76. The molecule has 1 heterocycles. The van der Waals surface area contributed by atoms with E-state index in [0.717, 1.165) is 11.3 Å². The van der Waals surface area contributed by atoms with Gasteiger partial charge < -0.3 is 15.2 Å². The third kappa shape index (κ3) is 5.04. The Bertz CT molecular complexity index is 516. The number of carboxylic acid groups (broad SMARTS) is 1. The predicted molar refractivity (Wildman–Crippen MR) is 83.4 cm³/mol. The van der Waals surface area contributed by atoms with Gasteiger partial charge in [0.05, 0.1) is 0 Å². The lowest BCUT2D eigenvalue weighted by Crippen LogP contribution is -2.35. The normalized spacial score (nSPS) is 12.8. The summed E-state index contributed by atoms with van der Waals surface area (Å²) in [6.45, 7) is 9.72. The quantitative estimate of drug-likeness (QED) is 0.846. The maximum atomic E-state index is 11.7. The molecule has 0 saturated carbocycles. The molecule has 5 nitrogen and oxygen atoms in total. The Balaban J connectivity index is 2.81. The van der Waals surface area contributed by atoms with E-state index in [-0.39, 0.29) is 34.6 Å². The monoisotopic (exact) mass is 313 g/mol. The number of aromatic carboxylic acids is 1. The lowest BCUT2D eigenvalue weighted by molar-refractivity contribution is -0.123. The van der Waals surface area contributed by atoms with Crippen LogP contribution in [0.3, 0.4) is 0 Å². The number of carbonyl (C=O) groups is 2. The summed E-state index contributed by atoms with van der Waals surface area (Å²) >= 11 is 1.19. The Kier molecular flexibility index (Phi) is 5.78. The zero-order valence-corrected chi connectivity index (χ0v) is 14.0. The van der Waals surface area contributed by atoms with Gasteiger partial charge in [0, 0.05) is 10.9 Å². The van der Waals surface area contributed by atoms with E-state index in [9.17, 15) is 14.7 Å². The van der Waals surface area contributed by atoms with E-state index in [1.54, 1.807) is 6.07 Å². The zero-order chi connectivity index (χ0) is 16.2. The van der Waals surface area contributed by atoms with E-state index in [1.807, 2.05) is 34.6 Å². The lowest BCUT2D eigenvalue weighted by atomic mass is 9.95. The van der Waals surface area contributed by atoms with E-state index in [0.29, 0.717) is 0 Å². The topological polar surface area (TPSA) is 75.6 Å². The molecule has 0 aliphatic rings. The molecule has 0 fully saturated rings. The van der Waals surface area contributed by atoms with Gasteiger partial charge in [-0.3, -0.25) is 4.79 Å². The molecular weight excluding hydrogens is 290 g/mol. The Morgan fingerprint density at radius 1 is 1.43 bits per heavy atom. The summed E-state index contributed by atoms with van der Waals surface area (Å²) in [7, 11) is 0. The van der Waals surface area contributed by atoms with Crippen molar-refractivity contribution in [3.8, 4) is 5.75 Å². The Hall–Kier alpha value is -1.56. The first kappa shape index (κ1) is 17.5. The maximum absolute atomic E-state index is 11.7. The molecule has 0 aliphatic carbocycles. The molecular formula is C15H23NO4S. The smallest absolute Gasteiger partial charge is 0.349 e. The number of nitrogens with one attached hydrogen (secondary N) is 1. The Morgan fingerprint density at radius 2 is 2.05 bits per heavy atom. The fourth-order valence-electron chi connectivity index (χ4n) is 1.56. The second-order valence-corrected chi connectivity index (χ2v) is 7.08. The molecule has 1 aromatic rings. The minimum atomic E-state index is -1.03. The molecule has 1 rings (SSSR count). The van der Waals surface area contributed by atoms with Crippen molar-refractivity contribution in [1.82, 2.24) is 5.32 Å². The first-order valence-electron chi connectivity index (χ1n) is 6.95. The van der Waals surface area contributed by atoms with Crippen molar-refractivity contribution in [3.63, 3.8) is 0 Å². The maximum Gasteiger partial charge on any atom is 0.349 e. The molecule has 118 valence electrons. The molecule has 1 aromatic heterocycles. The van der Waals surface area contributed by atoms with Gasteiger partial charge in [-0.2, -0.15) is 0 Å². The SMILES string of the molecule is CCC(C)NC(=O)COc1cc(C(C)(C)C)sc1C(=O)O. The van der Waals surface area contributed by atoms with Crippen molar-refractivity contribution in [2.45, 2.75) is 52.5 Å². The summed E-state index contributed by atoms with van der Waals surface area (Å²) in [5, 5.41) is 12.0. The first-order chi connectivity index (χ1) is 9.65. The highest BCUT2D eigenvalue weighted by molar-refractivity contribution is 7.14. The predicted octanol–water partition coefficient (Wildman–Crippen LogP) is 3.04. The van der Waals surface area contributed by atoms with Crippen LogP contribution in [-0.4, -0.2) is 29.6 Å². The third-order valence-corrected chi connectivity index (χ3v) is 4.54.